The molecule has 1 nitrogen and oxygen atoms in total. The van der Waals surface area contributed by atoms with Crippen molar-refractivity contribution in [1.29, 1.82) is 0 Å². The van der Waals surface area contributed by atoms with E-state index in [4.69, 9.17) is 18.0 Å². The van der Waals surface area contributed by atoms with Crippen LogP contribution >= 0.6 is 11.6 Å². The van der Waals surface area contributed by atoms with Crippen molar-refractivity contribution in [3.63, 3.8) is 0 Å². The molecule has 1 aromatic heterocycles. The van der Waals surface area contributed by atoms with Gasteiger partial charge in [0.25, 0.3) is 0 Å². The summed E-state index contributed by atoms with van der Waals surface area (Å²) in [5, 5.41) is 0.429. The van der Waals surface area contributed by atoms with Gasteiger partial charge >= 0.3 is 0 Å². The Morgan fingerprint density at radius 2 is 2.31 bits per heavy atom. The normalized spacial score (nSPS) is 17.9. The Bertz CT molecular complexity index is 390. The highest BCUT2D eigenvalue weighted by Gasteiger charge is 2.45. The molecule has 0 unspecified atom stereocenters. The van der Waals surface area contributed by atoms with Crippen molar-refractivity contribution < 1.29 is 4.39 Å². The largest absolute Gasteiger partial charge is 0.226 e. The minimum Gasteiger partial charge on any atom is -0.226 e. The first kappa shape index (κ1) is 8.52. The molecule has 1 aliphatic rings. The summed E-state index contributed by atoms with van der Waals surface area (Å²) in [6.07, 6.45) is 8.26. The van der Waals surface area contributed by atoms with Crippen LogP contribution in [0, 0.1) is 18.3 Å². The second kappa shape index (κ2) is 2.71. The van der Waals surface area contributed by atoms with E-state index in [2.05, 4.69) is 10.9 Å². The standard InChI is InChI=1S/C10H7ClFN/c1-2-10(3-4-10)8-5-7(11)6-13-9(8)12/h1,5-6H,3-4H2. The molecule has 0 radical (unpaired) electrons. The van der Waals surface area contributed by atoms with E-state index in [1.54, 1.807) is 6.07 Å². The van der Waals surface area contributed by atoms with Crippen LogP contribution in [0.2, 0.25) is 5.02 Å². The van der Waals surface area contributed by atoms with E-state index in [1.807, 2.05) is 0 Å². The second-order valence-corrected chi connectivity index (χ2v) is 3.65. The molecule has 1 fully saturated rings. The van der Waals surface area contributed by atoms with Gasteiger partial charge in [-0.15, -0.1) is 6.42 Å². The molecule has 0 spiro atoms. The lowest BCUT2D eigenvalue weighted by Crippen LogP contribution is -2.07. The van der Waals surface area contributed by atoms with Crippen LogP contribution in [0.1, 0.15) is 18.4 Å². The van der Waals surface area contributed by atoms with Crippen LogP contribution in [0.5, 0.6) is 0 Å². The summed E-state index contributed by atoms with van der Waals surface area (Å²) in [5.74, 6) is 2.10. The fourth-order valence-electron chi connectivity index (χ4n) is 1.37. The smallest absolute Gasteiger partial charge is 0.217 e. The number of hydrogen-bond acceptors (Lipinski definition) is 1. The zero-order valence-corrected chi connectivity index (χ0v) is 7.61. The second-order valence-electron chi connectivity index (χ2n) is 3.22. The number of aromatic nitrogens is 1. The molecule has 0 N–H and O–H groups in total. The Balaban J connectivity index is 2.52. The summed E-state index contributed by atoms with van der Waals surface area (Å²) < 4.78 is 13.2. The Morgan fingerprint density at radius 3 is 2.85 bits per heavy atom. The van der Waals surface area contributed by atoms with E-state index < -0.39 is 11.4 Å². The number of halogens is 2. The van der Waals surface area contributed by atoms with Gasteiger partial charge in [-0.3, -0.25) is 0 Å². The molecule has 0 atom stereocenters. The Labute approximate surface area is 80.9 Å². The Kier molecular flexibility index (Phi) is 1.78. The molecule has 0 saturated heterocycles. The highest BCUT2D eigenvalue weighted by molar-refractivity contribution is 6.30. The summed E-state index contributed by atoms with van der Waals surface area (Å²) in [4.78, 5) is 3.54. The van der Waals surface area contributed by atoms with Crippen LogP contribution in [0.25, 0.3) is 0 Å². The van der Waals surface area contributed by atoms with Crippen molar-refractivity contribution in [2.24, 2.45) is 0 Å². The molecule has 0 aliphatic heterocycles. The monoisotopic (exact) mass is 195 g/mol. The molecule has 1 heterocycles. The summed E-state index contributed by atoms with van der Waals surface area (Å²) in [7, 11) is 0. The van der Waals surface area contributed by atoms with Crippen molar-refractivity contribution in [1.82, 2.24) is 4.98 Å². The first-order chi connectivity index (χ1) is 6.18. The zero-order valence-electron chi connectivity index (χ0n) is 6.85. The fourth-order valence-corrected chi connectivity index (χ4v) is 1.53. The lowest BCUT2D eigenvalue weighted by Gasteiger charge is -2.08. The van der Waals surface area contributed by atoms with Gasteiger partial charge in [0, 0.05) is 11.8 Å². The number of terminal acetylenes is 1. The van der Waals surface area contributed by atoms with Crippen LogP contribution < -0.4 is 0 Å². The molecule has 0 bridgehead atoms. The van der Waals surface area contributed by atoms with Crippen molar-refractivity contribution >= 4 is 11.6 Å². The van der Waals surface area contributed by atoms with Crippen molar-refractivity contribution in [2.45, 2.75) is 18.3 Å². The van der Waals surface area contributed by atoms with Gasteiger partial charge in [-0.1, -0.05) is 17.5 Å². The lowest BCUT2D eigenvalue weighted by atomic mass is 9.99. The average molecular weight is 196 g/mol. The fraction of sp³-hybridized carbons (Fsp3) is 0.300. The van der Waals surface area contributed by atoms with Gasteiger partial charge in [-0.2, -0.15) is 4.39 Å². The van der Waals surface area contributed by atoms with E-state index in [1.165, 1.54) is 6.20 Å². The summed E-state index contributed by atoms with van der Waals surface area (Å²) in [6, 6.07) is 1.57. The summed E-state index contributed by atoms with van der Waals surface area (Å²) >= 11 is 5.71. The molecule has 0 amide bonds. The predicted molar refractivity (Wildman–Crippen MR) is 49.0 cm³/mol. The number of nitrogens with zero attached hydrogens (tertiary/aromatic N) is 1. The van der Waals surface area contributed by atoms with E-state index in [0.717, 1.165) is 12.8 Å². The van der Waals surface area contributed by atoms with Gasteiger partial charge in [-0.25, -0.2) is 4.98 Å². The maximum Gasteiger partial charge on any atom is 0.217 e. The number of hydrogen-bond donors (Lipinski definition) is 0. The van der Waals surface area contributed by atoms with Crippen LogP contribution in [0.4, 0.5) is 4.39 Å². The summed E-state index contributed by atoms with van der Waals surface area (Å²) in [5.41, 5.74) is 0.0321. The molecule has 2 rings (SSSR count). The number of rotatable bonds is 1. The molecule has 1 saturated carbocycles. The third-order valence-corrected chi connectivity index (χ3v) is 2.55. The van der Waals surface area contributed by atoms with Gasteiger partial charge in [0.15, 0.2) is 0 Å². The molecule has 1 aliphatic carbocycles. The molecule has 13 heavy (non-hydrogen) atoms. The molecule has 3 heteroatoms. The highest BCUT2D eigenvalue weighted by atomic mass is 35.5. The van der Waals surface area contributed by atoms with E-state index in [-0.39, 0.29) is 0 Å². The molecular formula is C10H7ClFN. The van der Waals surface area contributed by atoms with Crippen molar-refractivity contribution in [3.05, 3.63) is 28.8 Å². The van der Waals surface area contributed by atoms with Crippen LogP contribution in [-0.4, -0.2) is 4.98 Å². The summed E-state index contributed by atoms with van der Waals surface area (Å²) in [6.45, 7) is 0. The molecule has 66 valence electrons. The lowest BCUT2D eigenvalue weighted by molar-refractivity contribution is 0.558. The third-order valence-electron chi connectivity index (χ3n) is 2.35. The maximum absolute atomic E-state index is 13.2. The van der Waals surface area contributed by atoms with E-state index in [9.17, 15) is 4.39 Å². The molecule has 0 aromatic carbocycles. The van der Waals surface area contributed by atoms with Gasteiger partial charge in [0.2, 0.25) is 5.95 Å². The van der Waals surface area contributed by atoms with Gasteiger partial charge < -0.3 is 0 Å². The Hall–Kier alpha value is -1.07. The van der Waals surface area contributed by atoms with Crippen LogP contribution in [-0.2, 0) is 5.41 Å². The van der Waals surface area contributed by atoms with Crippen molar-refractivity contribution in [3.8, 4) is 12.3 Å². The highest BCUT2D eigenvalue weighted by Crippen LogP contribution is 2.48. The third kappa shape index (κ3) is 1.30. The topological polar surface area (TPSA) is 12.9 Å². The Morgan fingerprint density at radius 1 is 1.62 bits per heavy atom. The molecule has 1 aromatic rings. The SMILES string of the molecule is C#CC1(c2cc(Cl)cnc2F)CC1. The van der Waals surface area contributed by atoms with Gasteiger partial charge in [0.05, 0.1) is 10.4 Å². The quantitative estimate of drug-likeness (QED) is 0.496. The van der Waals surface area contributed by atoms with Crippen LogP contribution in [0.15, 0.2) is 12.3 Å². The predicted octanol–water partition coefficient (Wildman–Crippen LogP) is 2.54. The van der Waals surface area contributed by atoms with Crippen LogP contribution in [0.3, 0.4) is 0 Å². The minimum atomic E-state index is -0.500. The van der Waals surface area contributed by atoms with E-state index in [0.29, 0.717) is 10.6 Å². The first-order valence-corrected chi connectivity index (χ1v) is 4.35. The number of pyridine rings is 1. The first-order valence-electron chi connectivity index (χ1n) is 3.97. The minimum absolute atomic E-state index is 0.429. The maximum atomic E-state index is 13.2. The zero-order chi connectivity index (χ0) is 9.47. The van der Waals surface area contributed by atoms with Gasteiger partial charge in [-0.05, 0) is 18.9 Å². The van der Waals surface area contributed by atoms with Gasteiger partial charge in [0.1, 0.15) is 0 Å². The molecular weight excluding hydrogens is 189 g/mol. The van der Waals surface area contributed by atoms with Crippen molar-refractivity contribution in [2.75, 3.05) is 0 Å². The van der Waals surface area contributed by atoms with E-state index >= 15 is 0 Å². The average Bonchev–Trinajstić information content (AvgIpc) is 2.90.